The largest absolute Gasteiger partial charge is 0.329 e. The van der Waals surface area contributed by atoms with Crippen LogP contribution >= 0.6 is 0 Å². The lowest BCUT2D eigenvalue weighted by molar-refractivity contribution is -0.102. The zero-order valence-corrected chi connectivity index (χ0v) is 9.84. The molecule has 1 unspecified atom stereocenters. The maximum Gasteiger partial charge on any atom is 0.0267 e. The van der Waals surface area contributed by atoms with Gasteiger partial charge in [-0.05, 0) is 23.7 Å². The summed E-state index contributed by atoms with van der Waals surface area (Å²) in [6.45, 7) is 10.3. The van der Waals surface area contributed by atoms with Crippen molar-refractivity contribution in [1.29, 1.82) is 0 Å². The highest BCUT2D eigenvalue weighted by Gasteiger charge is 2.50. The lowest BCUT2D eigenvalue weighted by Crippen LogP contribution is -2.66. The maximum atomic E-state index is 5.88. The Morgan fingerprint density at radius 2 is 1.86 bits per heavy atom. The van der Waals surface area contributed by atoms with E-state index in [1.54, 1.807) is 0 Å². The normalized spacial score (nSPS) is 28.3. The van der Waals surface area contributed by atoms with Crippen LogP contribution in [0.3, 0.4) is 0 Å². The lowest BCUT2D eigenvalue weighted by Gasteiger charge is -2.60. The fourth-order valence-electron chi connectivity index (χ4n) is 3.08. The van der Waals surface area contributed by atoms with Crippen molar-refractivity contribution in [2.24, 2.45) is 16.6 Å². The Labute approximate surface area is 87.8 Å². The van der Waals surface area contributed by atoms with E-state index in [0.29, 0.717) is 11.5 Å². The number of nitrogens with two attached hydrogens (primary N) is 1. The number of likely N-dealkylation sites (tertiary alicyclic amines) is 1. The van der Waals surface area contributed by atoms with E-state index in [2.05, 4.69) is 25.7 Å². The Hall–Kier alpha value is -0.0800. The zero-order chi connectivity index (χ0) is 10.4. The minimum Gasteiger partial charge on any atom is -0.329 e. The van der Waals surface area contributed by atoms with Crippen LogP contribution in [0.4, 0.5) is 0 Å². The smallest absolute Gasteiger partial charge is 0.0267 e. The molecule has 1 saturated carbocycles. The fraction of sp³-hybridized carbons (Fsp3) is 1.00. The van der Waals surface area contributed by atoms with Crippen molar-refractivity contribution in [3.8, 4) is 0 Å². The minimum atomic E-state index is 0.333. The lowest BCUT2D eigenvalue weighted by atomic mass is 9.62. The SMILES string of the molecule is CC(C)(C)C(CN)N1CC2(CCC2)C1. The van der Waals surface area contributed by atoms with Gasteiger partial charge in [0.2, 0.25) is 0 Å². The van der Waals surface area contributed by atoms with Gasteiger partial charge in [0.15, 0.2) is 0 Å². The molecule has 0 radical (unpaired) electrons. The van der Waals surface area contributed by atoms with Crippen LogP contribution in [0.2, 0.25) is 0 Å². The highest BCUT2D eigenvalue weighted by Crippen LogP contribution is 2.49. The molecule has 0 bridgehead atoms. The average Bonchev–Trinajstić information content (AvgIpc) is 1.88. The first-order chi connectivity index (χ1) is 6.47. The van der Waals surface area contributed by atoms with Crippen LogP contribution in [0.5, 0.6) is 0 Å². The van der Waals surface area contributed by atoms with E-state index in [-0.39, 0.29) is 0 Å². The number of hydrogen-bond donors (Lipinski definition) is 1. The molecule has 0 aromatic heterocycles. The van der Waals surface area contributed by atoms with Crippen LogP contribution in [-0.4, -0.2) is 30.6 Å². The van der Waals surface area contributed by atoms with Crippen molar-refractivity contribution < 1.29 is 0 Å². The van der Waals surface area contributed by atoms with E-state index >= 15 is 0 Å². The van der Waals surface area contributed by atoms with Gasteiger partial charge in [-0.1, -0.05) is 27.2 Å². The third kappa shape index (κ3) is 1.59. The Morgan fingerprint density at radius 1 is 1.29 bits per heavy atom. The monoisotopic (exact) mass is 196 g/mol. The molecule has 2 fully saturated rings. The molecule has 2 rings (SSSR count). The van der Waals surface area contributed by atoms with E-state index in [1.165, 1.54) is 32.4 Å². The van der Waals surface area contributed by atoms with Crippen molar-refractivity contribution in [3.63, 3.8) is 0 Å². The van der Waals surface area contributed by atoms with Crippen LogP contribution in [0, 0.1) is 10.8 Å². The standard InChI is InChI=1S/C12H24N2/c1-11(2,3)10(7-13)14-8-12(9-14)5-4-6-12/h10H,4-9,13H2,1-3H3. The summed E-state index contributed by atoms with van der Waals surface area (Å²) in [6, 6.07) is 0.578. The Bertz CT molecular complexity index is 205. The van der Waals surface area contributed by atoms with Gasteiger partial charge >= 0.3 is 0 Å². The molecule has 0 aromatic carbocycles. The third-order valence-electron chi connectivity index (χ3n) is 4.15. The maximum absolute atomic E-state index is 5.88. The molecule has 14 heavy (non-hydrogen) atoms. The molecule has 0 amide bonds. The van der Waals surface area contributed by atoms with Gasteiger partial charge in [0.05, 0.1) is 0 Å². The first-order valence-electron chi connectivity index (χ1n) is 5.91. The fourth-order valence-corrected chi connectivity index (χ4v) is 3.08. The molecule has 1 heterocycles. The van der Waals surface area contributed by atoms with Gasteiger partial charge in [0.1, 0.15) is 0 Å². The summed E-state index contributed by atoms with van der Waals surface area (Å²) in [6.07, 6.45) is 4.38. The van der Waals surface area contributed by atoms with Crippen LogP contribution in [-0.2, 0) is 0 Å². The molecular formula is C12H24N2. The Kier molecular flexibility index (Phi) is 2.39. The molecule has 1 atom stereocenters. The molecule has 1 aliphatic carbocycles. The minimum absolute atomic E-state index is 0.333. The number of rotatable bonds is 2. The molecule has 2 heteroatoms. The Morgan fingerprint density at radius 3 is 2.14 bits per heavy atom. The van der Waals surface area contributed by atoms with Crippen molar-refractivity contribution in [2.45, 2.75) is 46.1 Å². The van der Waals surface area contributed by atoms with E-state index in [9.17, 15) is 0 Å². The highest BCUT2D eigenvalue weighted by atomic mass is 15.3. The van der Waals surface area contributed by atoms with Gasteiger partial charge in [0, 0.05) is 25.7 Å². The van der Waals surface area contributed by atoms with Gasteiger partial charge < -0.3 is 5.73 Å². The molecule has 2 N–H and O–H groups in total. The van der Waals surface area contributed by atoms with E-state index in [0.717, 1.165) is 12.0 Å². The zero-order valence-electron chi connectivity index (χ0n) is 9.84. The van der Waals surface area contributed by atoms with Gasteiger partial charge in [-0.3, -0.25) is 4.90 Å². The summed E-state index contributed by atoms with van der Waals surface area (Å²) in [5, 5.41) is 0. The predicted octanol–water partition coefficient (Wildman–Crippen LogP) is 1.85. The summed E-state index contributed by atoms with van der Waals surface area (Å²) >= 11 is 0. The third-order valence-corrected chi connectivity index (χ3v) is 4.15. The Balaban J connectivity index is 1.90. The highest BCUT2D eigenvalue weighted by molar-refractivity contribution is 5.04. The van der Waals surface area contributed by atoms with Crippen LogP contribution in [0.25, 0.3) is 0 Å². The van der Waals surface area contributed by atoms with Gasteiger partial charge in [-0.25, -0.2) is 0 Å². The topological polar surface area (TPSA) is 29.3 Å². The second kappa shape index (κ2) is 3.21. The second-order valence-electron chi connectivity index (χ2n) is 6.38. The molecule has 2 nitrogen and oxygen atoms in total. The number of nitrogens with zero attached hydrogens (tertiary/aromatic N) is 1. The molecular weight excluding hydrogens is 172 g/mol. The van der Waals surface area contributed by atoms with Crippen molar-refractivity contribution in [3.05, 3.63) is 0 Å². The first kappa shape index (κ1) is 10.4. The number of hydrogen-bond acceptors (Lipinski definition) is 2. The molecule has 0 aromatic rings. The predicted molar refractivity (Wildman–Crippen MR) is 60.2 cm³/mol. The van der Waals surface area contributed by atoms with Crippen LogP contribution < -0.4 is 5.73 Å². The van der Waals surface area contributed by atoms with E-state index < -0.39 is 0 Å². The summed E-state index contributed by atoms with van der Waals surface area (Å²) in [5.74, 6) is 0. The summed E-state index contributed by atoms with van der Waals surface area (Å²) in [5.41, 5.74) is 6.94. The first-order valence-corrected chi connectivity index (χ1v) is 5.91. The molecule has 82 valence electrons. The molecule has 1 saturated heterocycles. The van der Waals surface area contributed by atoms with Gasteiger partial charge in [0.25, 0.3) is 0 Å². The summed E-state index contributed by atoms with van der Waals surface area (Å²) < 4.78 is 0. The average molecular weight is 196 g/mol. The molecule has 2 aliphatic rings. The second-order valence-corrected chi connectivity index (χ2v) is 6.38. The summed E-state index contributed by atoms with van der Waals surface area (Å²) in [4.78, 5) is 2.60. The van der Waals surface area contributed by atoms with Crippen molar-refractivity contribution >= 4 is 0 Å². The van der Waals surface area contributed by atoms with Crippen LogP contribution in [0.1, 0.15) is 40.0 Å². The van der Waals surface area contributed by atoms with E-state index in [1.807, 2.05) is 0 Å². The van der Waals surface area contributed by atoms with E-state index in [4.69, 9.17) is 5.73 Å². The molecule has 1 aliphatic heterocycles. The van der Waals surface area contributed by atoms with Gasteiger partial charge in [-0.2, -0.15) is 0 Å². The van der Waals surface area contributed by atoms with Gasteiger partial charge in [-0.15, -0.1) is 0 Å². The summed E-state index contributed by atoms with van der Waals surface area (Å²) in [7, 11) is 0. The van der Waals surface area contributed by atoms with Crippen molar-refractivity contribution in [2.75, 3.05) is 19.6 Å². The van der Waals surface area contributed by atoms with Crippen molar-refractivity contribution in [1.82, 2.24) is 4.90 Å². The quantitative estimate of drug-likeness (QED) is 0.730. The van der Waals surface area contributed by atoms with Crippen LogP contribution in [0.15, 0.2) is 0 Å². The molecule has 1 spiro atoms.